The van der Waals surface area contributed by atoms with Crippen molar-refractivity contribution in [3.05, 3.63) is 53.6 Å². The number of hydrogen-bond acceptors (Lipinski definition) is 6. The van der Waals surface area contributed by atoms with E-state index < -0.39 is 10.0 Å². The third-order valence-electron chi connectivity index (χ3n) is 5.38. The van der Waals surface area contributed by atoms with Crippen molar-refractivity contribution >= 4 is 42.6 Å². The van der Waals surface area contributed by atoms with Gasteiger partial charge in [0.05, 0.1) is 27.8 Å². The molecule has 9 heteroatoms. The van der Waals surface area contributed by atoms with Crippen molar-refractivity contribution in [2.24, 2.45) is 0 Å². The fourth-order valence-corrected chi connectivity index (χ4v) is 5.52. The third-order valence-corrected chi connectivity index (χ3v) is 8.25. The molecule has 0 bridgehead atoms. The van der Waals surface area contributed by atoms with Crippen molar-refractivity contribution in [3.63, 3.8) is 0 Å². The number of carbonyl (C=O) groups is 1. The number of hydrogen-bond donors (Lipinski definition) is 0. The summed E-state index contributed by atoms with van der Waals surface area (Å²) in [6.07, 6.45) is 1.83. The number of aromatic nitrogens is 1. The molecule has 7 nitrogen and oxygen atoms in total. The van der Waals surface area contributed by atoms with Gasteiger partial charge in [-0.25, -0.2) is 17.7 Å². The van der Waals surface area contributed by atoms with Crippen molar-refractivity contribution in [1.29, 1.82) is 0 Å². The van der Waals surface area contributed by atoms with E-state index in [4.69, 9.17) is 9.72 Å². The number of amides is 1. The highest BCUT2D eigenvalue weighted by Gasteiger charge is 2.28. The Balaban J connectivity index is 1.69. The van der Waals surface area contributed by atoms with E-state index in [-0.39, 0.29) is 16.9 Å². The van der Waals surface area contributed by atoms with Gasteiger partial charge in [0.2, 0.25) is 10.0 Å². The molecule has 0 radical (unpaired) electrons. The maximum atomic E-state index is 13.5. The van der Waals surface area contributed by atoms with Crippen LogP contribution in [-0.4, -0.2) is 57.0 Å². The van der Waals surface area contributed by atoms with Gasteiger partial charge in [0.25, 0.3) is 5.91 Å². The summed E-state index contributed by atoms with van der Waals surface area (Å²) in [5, 5.41) is 0.620. The first-order valence-electron chi connectivity index (χ1n) is 10.1. The zero-order valence-electron chi connectivity index (χ0n) is 17.7. The predicted molar refractivity (Wildman–Crippen MR) is 122 cm³/mol. The average molecular weight is 460 g/mol. The van der Waals surface area contributed by atoms with Crippen molar-refractivity contribution in [2.75, 3.05) is 32.1 Å². The molecule has 0 saturated carbocycles. The molecule has 1 amide bonds. The summed E-state index contributed by atoms with van der Waals surface area (Å²) in [6, 6.07) is 12.0. The monoisotopic (exact) mass is 459 g/mol. The molecule has 31 heavy (non-hydrogen) atoms. The Morgan fingerprint density at radius 1 is 1.19 bits per heavy atom. The van der Waals surface area contributed by atoms with Crippen LogP contribution in [0.3, 0.4) is 0 Å². The van der Waals surface area contributed by atoms with Gasteiger partial charge >= 0.3 is 0 Å². The molecule has 0 aliphatic carbocycles. The lowest BCUT2D eigenvalue weighted by atomic mass is 10.2. The van der Waals surface area contributed by atoms with Crippen LogP contribution >= 0.6 is 11.3 Å². The first-order valence-corrected chi connectivity index (χ1v) is 12.4. The average Bonchev–Trinajstić information content (AvgIpc) is 3.42. The van der Waals surface area contributed by atoms with Gasteiger partial charge in [0, 0.05) is 26.3 Å². The van der Waals surface area contributed by atoms with Crippen LogP contribution in [0.4, 0.5) is 5.13 Å². The number of carbonyl (C=O) groups excluding carboxylic acids is 1. The Morgan fingerprint density at radius 3 is 2.55 bits per heavy atom. The zero-order valence-corrected chi connectivity index (χ0v) is 19.4. The van der Waals surface area contributed by atoms with Gasteiger partial charge in [-0.2, -0.15) is 0 Å². The number of fused-ring (bicyclic) bond motifs is 1. The number of aryl methyl sites for hydroxylation is 1. The summed E-state index contributed by atoms with van der Waals surface area (Å²) in [5.74, 6) is -0.221. The summed E-state index contributed by atoms with van der Waals surface area (Å²) in [4.78, 5) is 20.0. The SMILES string of the molecule is Cc1cccc2sc(N(CC3CCCO3)C(=O)c3ccc(S(=O)(=O)N(C)C)cc3)nc12. The topological polar surface area (TPSA) is 79.8 Å². The van der Waals surface area contributed by atoms with Crippen LogP contribution in [0.1, 0.15) is 28.8 Å². The van der Waals surface area contributed by atoms with E-state index in [1.807, 2.05) is 25.1 Å². The van der Waals surface area contributed by atoms with Crippen LogP contribution in [0, 0.1) is 6.92 Å². The van der Waals surface area contributed by atoms with Crippen LogP contribution in [0.15, 0.2) is 47.4 Å². The van der Waals surface area contributed by atoms with Crippen LogP contribution in [0.5, 0.6) is 0 Å². The van der Waals surface area contributed by atoms with E-state index >= 15 is 0 Å². The van der Waals surface area contributed by atoms with Crippen LogP contribution < -0.4 is 4.90 Å². The minimum atomic E-state index is -3.55. The fraction of sp³-hybridized carbons (Fsp3) is 0.364. The smallest absolute Gasteiger partial charge is 0.260 e. The largest absolute Gasteiger partial charge is 0.376 e. The number of sulfonamides is 1. The lowest BCUT2D eigenvalue weighted by molar-refractivity contribution is 0.0917. The summed E-state index contributed by atoms with van der Waals surface area (Å²) >= 11 is 1.47. The molecule has 1 unspecified atom stereocenters. The van der Waals surface area contributed by atoms with Crippen molar-refractivity contribution < 1.29 is 17.9 Å². The molecule has 164 valence electrons. The highest BCUT2D eigenvalue weighted by molar-refractivity contribution is 7.89. The molecular weight excluding hydrogens is 434 g/mol. The van der Waals surface area contributed by atoms with Crippen molar-refractivity contribution in [1.82, 2.24) is 9.29 Å². The highest BCUT2D eigenvalue weighted by Crippen LogP contribution is 2.32. The number of nitrogens with zero attached hydrogens (tertiary/aromatic N) is 3. The summed E-state index contributed by atoms with van der Waals surface area (Å²) in [6.45, 7) is 3.11. The summed E-state index contributed by atoms with van der Waals surface area (Å²) in [7, 11) is -0.596. The standard InChI is InChI=1S/C22H25N3O4S2/c1-15-6-4-8-19-20(15)23-22(30-19)25(14-17-7-5-13-29-17)21(26)16-9-11-18(12-10-16)31(27,28)24(2)3/h4,6,8-12,17H,5,7,13-14H2,1-3H3. The Labute approximate surface area is 186 Å². The number of rotatable bonds is 6. The Bertz CT molecular complexity index is 1200. The van der Waals surface area contributed by atoms with Gasteiger partial charge in [-0.3, -0.25) is 9.69 Å². The second-order valence-corrected chi connectivity index (χ2v) is 10.9. The molecule has 4 rings (SSSR count). The molecule has 2 aromatic carbocycles. The van der Waals surface area contributed by atoms with E-state index in [9.17, 15) is 13.2 Å². The summed E-state index contributed by atoms with van der Waals surface area (Å²) in [5.41, 5.74) is 2.36. The van der Waals surface area contributed by atoms with Crippen LogP contribution in [0.2, 0.25) is 0 Å². The quantitative estimate of drug-likeness (QED) is 0.562. The Kier molecular flexibility index (Phi) is 6.11. The minimum Gasteiger partial charge on any atom is -0.376 e. The van der Waals surface area contributed by atoms with Crippen LogP contribution in [-0.2, 0) is 14.8 Å². The molecule has 0 N–H and O–H groups in total. The molecule has 1 aromatic heterocycles. The molecule has 1 aliphatic heterocycles. The van der Waals surface area contributed by atoms with E-state index in [2.05, 4.69) is 0 Å². The van der Waals surface area contributed by atoms with E-state index in [0.29, 0.717) is 23.8 Å². The third kappa shape index (κ3) is 4.36. The normalized spacial score (nSPS) is 16.8. The number of benzene rings is 2. The van der Waals surface area contributed by atoms with Crippen LogP contribution in [0.25, 0.3) is 10.2 Å². The lowest BCUT2D eigenvalue weighted by Crippen LogP contribution is -2.37. The van der Waals surface area contributed by atoms with Gasteiger partial charge in [-0.05, 0) is 55.7 Å². The highest BCUT2D eigenvalue weighted by atomic mass is 32.2. The molecule has 2 heterocycles. The second-order valence-electron chi connectivity index (χ2n) is 7.78. The van der Waals surface area contributed by atoms with Crippen molar-refractivity contribution in [2.45, 2.75) is 30.8 Å². The molecule has 1 atom stereocenters. The van der Waals surface area contributed by atoms with Gasteiger partial charge < -0.3 is 4.74 Å². The number of para-hydroxylation sites is 1. The zero-order chi connectivity index (χ0) is 22.2. The first-order chi connectivity index (χ1) is 14.8. The van der Waals surface area contributed by atoms with Gasteiger partial charge in [-0.1, -0.05) is 23.5 Å². The predicted octanol–water partition coefficient (Wildman–Crippen LogP) is 3.68. The molecular formula is C22H25N3O4S2. The maximum absolute atomic E-state index is 13.5. The maximum Gasteiger partial charge on any atom is 0.260 e. The minimum absolute atomic E-state index is 0.0366. The molecule has 1 aliphatic rings. The fourth-order valence-electron chi connectivity index (χ4n) is 3.57. The van der Waals surface area contributed by atoms with Gasteiger partial charge in [0.15, 0.2) is 5.13 Å². The van der Waals surface area contributed by atoms with E-state index in [1.54, 1.807) is 17.0 Å². The van der Waals surface area contributed by atoms with Gasteiger partial charge in [-0.15, -0.1) is 0 Å². The Morgan fingerprint density at radius 2 is 1.94 bits per heavy atom. The lowest BCUT2D eigenvalue weighted by Gasteiger charge is -2.23. The number of ether oxygens (including phenoxy) is 1. The molecule has 1 fully saturated rings. The number of anilines is 1. The van der Waals surface area contributed by atoms with Crippen molar-refractivity contribution in [3.8, 4) is 0 Å². The molecule has 1 saturated heterocycles. The second kappa shape index (κ2) is 8.66. The number of thiazole rings is 1. The molecule has 3 aromatic rings. The first kappa shape index (κ1) is 21.9. The Hall–Kier alpha value is -2.33. The summed E-state index contributed by atoms with van der Waals surface area (Å²) < 4.78 is 32.6. The van der Waals surface area contributed by atoms with E-state index in [0.717, 1.165) is 32.9 Å². The van der Waals surface area contributed by atoms with E-state index in [1.165, 1.54) is 37.6 Å². The molecule has 0 spiro atoms. The van der Waals surface area contributed by atoms with Gasteiger partial charge in [0.1, 0.15) is 0 Å².